The summed E-state index contributed by atoms with van der Waals surface area (Å²) in [6, 6.07) is 3.20. The largest absolute Gasteiger partial charge is 0.388 e. The van der Waals surface area contributed by atoms with Gasteiger partial charge in [0.2, 0.25) is 5.91 Å². The lowest BCUT2D eigenvalue weighted by Crippen LogP contribution is -2.56. The predicted octanol–water partition coefficient (Wildman–Crippen LogP) is 0.789. The van der Waals surface area contributed by atoms with E-state index in [0.29, 0.717) is 29.6 Å². The molecular weight excluding hydrogens is 314 g/mol. The number of carbonyl (C=O) groups excluding carboxylic acids is 2. The summed E-state index contributed by atoms with van der Waals surface area (Å²) in [4.78, 5) is 33.6. The first-order valence-corrected chi connectivity index (χ1v) is 8.29. The van der Waals surface area contributed by atoms with Crippen LogP contribution in [0.25, 0.3) is 0 Å². The van der Waals surface area contributed by atoms with Crippen molar-refractivity contribution in [2.45, 2.75) is 26.3 Å². The molecule has 126 valence electrons. The SMILES string of the molecule is CC(=O)N(C(=O)[C@@](C)(N)CSCCN=C(C)N)c1ccncc1. The molecular formula is C15H23N5O2S. The van der Waals surface area contributed by atoms with Gasteiger partial charge < -0.3 is 11.5 Å². The monoisotopic (exact) mass is 337 g/mol. The van der Waals surface area contributed by atoms with Gasteiger partial charge in [0, 0.05) is 37.4 Å². The Balaban J connectivity index is 2.74. The van der Waals surface area contributed by atoms with Gasteiger partial charge in [-0.25, -0.2) is 4.90 Å². The van der Waals surface area contributed by atoms with Crippen LogP contribution in [0.5, 0.6) is 0 Å². The molecule has 1 rings (SSSR count). The van der Waals surface area contributed by atoms with Crippen molar-refractivity contribution in [1.29, 1.82) is 0 Å². The number of hydrogen-bond acceptors (Lipinski definition) is 6. The van der Waals surface area contributed by atoms with Gasteiger partial charge in [-0.3, -0.25) is 19.6 Å². The molecule has 0 saturated carbocycles. The number of pyridine rings is 1. The number of amides is 2. The van der Waals surface area contributed by atoms with E-state index < -0.39 is 11.4 Å². The van der Waals surface area contributed by atoms with Crippen LogP contribution in [0.2, 0.25) is 0 Å². The quantitative estimate of drug-likeness (QED) is 0.432. The van der Waals surface area contributed by atoms with Crippen molar-refractivity contribution in [1.82, 2.24) is 4.98 Å². The molecule has 1 aromatic heterocycles. The Morgan fingerprint density at radius 3 is 2.48 bits per heavy atom. The highest BCUT2D eigenvalue weighted by Crippen LogP contribution is 2.20. The topological polar surface area (TPSA) is 115 Å². The number of aliphatic imine (C=N–C) groups is 1. The average Bonchev–Trinajstić information content (AvgIpc) is 2.47. The predicted molar refractivity (Wildman–Crippen MR) is 94.5 cm³/mol. The van der Waals surface area contributed by atoms with Crippen LogP contribution < -0.4 is 16.4 Å². The van der Waals surface area contributed by atoms with Crippen LogP contribution in [0, 0.1) is 0 Å². The van der Waals surface area contributed by atoms with E-state index >= 15 is 0 Å². The lowest BCUT2D eigenvalue weighted by atomic mass is 10.0. The number of aromatic nitrogens is 1. The Morgan fingerprint density at radius 2 is 1.96 bits per heavy atom. The van der Waals surface area contributed by atoms with Crippen molar-refractivity contribution in [3.05, 3.63) is 24.5 Å². The second-order valence-electron chi connectivity index (χ2n) is 5.36. The highest BCUT2D eigenvalue weighted by Gasteiger charge is 2.35. The minimum atomic E-state index is -1.17. The van der Waals surface area contributed by atoms with Crippen molar-refractivity contribution < 1.29 is 9.59 Å². The Morgan fingerprint density at radius 1 is 1.35 bits per heavy atom. The van der Waals surface area contributed by atoms with Gasteiger partial charge in [0.05, 0.1) is 11.5 Å². The third-order valence-corrected chi connectivity index (χ3v) is 4.20. The minimum absolute atomic E-state index is 0.375. The Hall–Kier alpha value is -1.93. The van der Waals surface area contributed by atoms with E-state index in [1.807, 2.05) is 0 Å². The summed E-state index contributed by atoms with van der Waals surface area (Å²) < 4.78 is 0. The highest BCUT2D eigenvalue weighted by molar-refractivity contribution is 7.99. The van der Waals surface area contributed by atoms with Crippen molar-refractivity contribution in [2.24, 2.45) is 16.5 Å². The normalized spacial score (nSPS) is 14.2. The minimum Gasteiger partial charge on any atom is -0.388 e. The van der Waals surface area contributed by atoms with Crippen molar-refractivity contribution in [3.63, 3.8) is 0 Å². The zero-order valence-electron chi connectivity index (χ0n) is 13.7. The molecule has 0 aliphatic carbocycles. The number of hydrogen-bond donors (Lipinski definition) is 2. The number of nitrogens with two attached hydrogens (primary N) is 2. The van der Waals surface area contributed by atoms with Gasteiger partial charge >= 0.3 is 0 Å². The summed E-state index contributed by atoms with van der Waals surface area (Å²) in [5, 5.41) is 0. The number of thioether (sulfide) groups is 1. The second kappa shape index (κ2) is 8.64. The van der Waals surface area contributed by atoms with Crippen LogP contribution in [0.1, 0.15) is 20.8 Å². The smallest absolute Gasteiger partial charge is 0.254 e. The first-order valence-electron chi connectivity index (χ1n) is 7.14. The lowest BCUT2D eigenvalue weighted by molar-refractivity contribution is -0.128. The van der Waals surface area contributed by atoms with Gasteiger partial charge in [0.1, 0.15) is 5.54 Å². The standard InChI is InChI=1S/C15H23N5O2S/c1-11(16)19-8-9-23-10-15(3,17)14(22)20(12(2)21)13-4-6-18-7-5-13/h4-7H,8-10,17H2,1-3H3,(H2,16,19)/t15-/m0/s1. The van der Waals surface area contributed by atoms with Crippen LogP contribution in [-0.2, 0) is 9.59 Å². The van der Waals surface area contributed by atoms with Crippen molar-refractivity contribution in [2.75, 3.05) is 23.0 Å². The Labute approximate surface area is 140 Å². The Bertz CT molecular complexity index is 570. The molecule has 0 radical (unpaired) electrons. The molecule has 0 unspecified atom stereocenters. The fourth-order valence-corrected chi connectivity index (χ4v) is 2.74. The zero-order valence-corrected chi connectivity index (χ0v) is 14.5. The first kappa shape index (κ1) is 19.1. The summed E-state index contributed by atoms with van der Waals surface area (Å²) in [5.74, 6) is 0.773. The van der Waals surface area contributed by atoms with Gasteiger partial charge in [0.25, 0.3) is 5.91 Å². The molecule has 1 atom stereocenters. The summed E-state index contributed by atoms with van der Waals surface area (Å²) in [6.45, 7) is 5.25. The molecule has 1 heterocycles. The van der Waals surface area contributed by atoms with Crippen LogP contribution in [0.4, 0.5) is 5.69 Å². The van der Waals surface area contributed by atoms with Crippen molar-refractivity contribution in [3.8, 4) is 0 Å². The van der Waals surface area contributed by atoms with Gasteiger partial charge in [0.15, 0.2) is 0 Å². The molecule has 8 heteroatoms. The zero-order chi connectivity index (χ0) is 17.5. The second-order valence-corrected chi connectivity index (χ2v) is 6.46. The molecule has 0 aliphatic heterocycles. The van der Waals surface area contributed by atoms with E-state index in [-0.39, 0.29) is 5.91 Å². The maximum absolute atomic E-state index is 12.7. The molecule has 1 aromatic rings. The number of carbonyl (C=O) groups is 2. The van der Waals surface area contributed by atoms with E-state index in [1.54, 1.807) is 26.0 Å². The molecule has 0 fully saturated rings. The maximum Gasteiger partial charge on any atom is 0.254 e. The van der Waals surface area contributed by atoms with Gasteiger partial charge in [-0.05, 0) is 26.0 Å². The van der Waals surface area contributed by atoms with E-state index in [9.17, 15) is 9.59 Å². The summed E-state index contributed by atoms with van der Waals surface area (Å²) >= 11 is 1.50. The molecule has 0 bridgehead atoms. The highest BCUT2D eigenvalue weighted by atomic mass is 32.2. The van der Waals surface area contributed by atoms with Crippen molar-refractivity contribution >= 4 is 35.1 Å². The molecule has 0 spiro atoms. The third-order valence-electron chi connectivity index (χ3n) is 2.93. The summed E-state index contributed by atoms with van der Waals surface area (Å²) in [7, 11) is 0. The van der Waals surface area contributed by atoms with E-state index in [4.69, 9.17) is 11.5 Å². The molecule has 2 amide bonds. The molecule has 0 aromatic carbocycles. The summed E-state index contributed by atoms with van der Waals surface area (Å²) in [5.41, 5.74) is 10.9. The molecule has 4 N–H and O–H groups in total. The first-order chi connectivity index (χ1) is 10.8. The van der Waals surface area contributed by atoms with Gasteiger partial charge in [-0.1, -0.05) is 0 Å². The van der Waals surface area contributed by atoms with Gasteiger partial charge in [-0.2, -0.15) is 11.8 Å². The average molecular weight is 337 g/mol. The number of rotatable bonds is 7. The van der Waals surface area contributed by atoms with E-state index in [2.05, 4.69) is 9.98 Å². The lowest BCUT2D eigenvalue weighted by Gasteiger charge is -2.29. The Kier molecular flexibility index (Phi) is 7.18. The molecule has 0 aliphatic rings. The van der Waals surface area contributed by atoms with Crippen LogP contribution >= 0.6 is 11.8 Å². The molecule has 23 heavy (non-hydrogen) atoms. The summed E-state index contributed by atoms with van der Waals surface area (Å²) in [6.07, 6.45) is 3.04. The molecule has 0 saturated heterocycles. The number of nitrogens with zero attached hydrogens (tertiary/aromatic N) is 3. The fourth-order valence-electron chi connectivity index (χ4n) is 1.82. The van der Waals surface area contributed by atoms with Crippen LogP contribution in [0.15, 0.2) is 29.5 Å². The third kappa shape index (κ3) is 5.99. The van der Waals surface area contributed by atoms with E-state index in [1.165, 1.54) is 31.1 Å². The number of imide groups is 1. The van der Waals surface area contributed by atoms with Crippen LogP contribution in [-0.4, -0.2) is 46.2 Å². The van der Waals surface area contributed by atoms with Crippen LogP contribution in [0.3, 0.4) is 0 Å². The van der Waals surface area contributed by atoms with E-state index in [0.717, 1.165) is 4.90 Å². The number of anilines is 1. The number of amidine groups is 1. The maximum atomic E-state index is 12.7. The molecule has 7 nitrogen and oxygen atoms in total. The van der Waals surface area contributed by atoms with Gasteiger partial charge in [-0.15, -0.1) is 0 Å². The fraction of sp³-hybridized carbons (Fsp3) is 0.467.